The highest BCUT2D eigenvalue weighted by Gasteiger charge is 2.06. The van der Waals surface area contributed by atoms with Crippen molar-refractivity contribution in [2.24, 2.45) is 5.92 Å². The number of methoxy groups -OCH3 is 2. The van der Waals surface area contributed by atoms with Gasteiger partial charge >= 0.3 is 0 Å². The molecule has 0 saturated carbocycles. The molecule has 12 heavy (non-hydrogen) atoms. The molecule has 2 nitrogen and oxygen atoms in total. The molecule has 0 amide bonds. The molecule has 0 radical (unpaired) electrons. The lowest BCUT2D eigenvalue weighted by Gasteiger charge is -2.14. The van der Waals surface area contributed by atoms with Gasteiger partial charge in [0.1, 0.15) is 0 Å². The minimum atomic E-state index is 0.690. The Hall–Kier alpha value is -0.0800. The largest absolute Gasteiger partial charge is 0.385 e. The van der Waals surface area contributed by atoms with Crippen LogP contribution in [0, 0.1) is 5.92 Å². The fourth-order valence-electron chi connectivity index (χ4n) is 1.32. The van der Waals surface area contributed by atoms with Crippen LogP contribution in [0.4, 0.5) is 0 Å². The second-order valence-corrected chi connectivity index (χ2v) is 3.25. The lowest BCUT2D eigenvalue weighted by Crippen LogP contribution is -2.10. The van der Waals surface area contributed by atoms with Crippen LogP contribution >= 0.6 is 0 Å². The first-order valence-corrected chi connectivity index (χ1v) is 4.83. The first-order chi connectivity index (χ1) is 5.85. The number of unbranched alkanes of at least 4 members (excludes halogenated alkanes) is 1. The lowest BCUT2D eigenvalue weighted by atomic mass is 10.00. The molecule has 0 aromatic carbocycles. The third-order valence-electron chi connectivity index (χ3n) is 2.10. The van der Waals surface area contributed by atoms with Crippen molar-refractivity contribution in [2.45, 2.75) is 32.6 Å². The summed E-state index contributed by atoms with van der Waals surface area (Å²) < 4.78 is 10.2. The van der Waals surface area contributed by atoms with Crippen LogP contribution in [0.5, 0.6) is 0 Å². The minimum Gasteiger partial charge on any atom is -0.385 e. The quantitative estimate of drug-likeness (QED) is 0.563. The highest BCUT2D eigenvalue weighted by Crippen LogP contribution is 2.12. The zero-order chi connectivity index (χ0) is 9.23. The standard InChI is InChI=1S/C10H22O2/c1-4-5-6-10(9-12-3)7-8-11-2/h10H,4-9H2,1-3H3. The van der Waals surface area contributed by atoms with Gasteiger partial charge in [-0.1, -0.05) is 19.8 Å². The summed E-state index contributed by atoms with van der Waals surface area (Å²) in [5.41, 5.74) is 0. The Labute approximate surface area is 76.3 Å². The van der Waals surface area contributed by atoms with E-state index in [4.69, 9.17) is 9.47 Å². The van der Waals surface area contributed by atoms with Crippen LogP contribution in [-0.2, 0) is 9.47 Å². The van der Waals surface area contributed by atoms with Gasteiger partial charge in [0.15, 0.2) is 0 Å². The average Bonchev–Trinajstić information content (AvgIpc) is 2.10. The highest BCUT2D eigenvalue weighted by molar-refractivity contribution is 4.57. The molecule has 0 bridgehead atoms. The van der Waals surface area contributed by atoms with Crippen LogP contribution in [-0.4, -0.2) is 27.4 Å². The molecule has 0 heterocycles. The van der Waals surface area contributed by atoms with Crippen molar-refractivity contribution in [3.63, 3.8) is 0 Å². The summed E-state index contributed by atoms with van der Waals surface area (Å²) in [5.74, 6) is 0.690. The van der Waals surface area contributed by atoms with E-state index in [1.165, 1.54) is 19.3 Å². The fourth-order valence-corrected chi connectivity index (χ4v) is 1.32. The highest BCUT2D eigenvalue weighted by atomic mass is 16.5. The van der Waals surface area contributed by atoms with Gasteiger partial charge < -0.3 is 9.47 Å². The van der Waals surface area contributed by atoms with Gasteiger partial charge in [0, 0.05) is 27.4 Å². The number of rotatable bonds is 8. The summed E-state index contributed by atoms with van der Waals surface area (Å²) in [6.45, 7) is 3.96. The monoisotopic (exact) mass is 174 g/mol. The Bertz CT molecular complexity index is 75.9. The molecule has 0 aliphatic carbocycles. The van der Waals surface area contributed by atoms with E-state index < -0.39 is 0 Å². The van der Waals surface area contributed by atoms with Crippen molar-refractivity contribution in [1.29, 1.82) is 0 Å². The summed E-state index contributed by atoms with van der Waals surface area (Å²) in [5, 5.41) is 0. The van der Waals surface area contributed by atoms with E-state index in [0.29, 0.717) is 5.92 Å². The summed E-state index contributed by atoms with van der Waals surface area (Å²) in [6.07, 6.45) is 4.98. The smallest absolute Gasteiger partial charge is 0.0491 e. The van der Waals surface area contributed by atoms with Crippen molar-refractivity contribution in [3.8, 4) is 0 Å². The first kappa shape index (κ1) is 11.9. The van der Waals surface area contributed by atoms with E-state index in [1.807, 2.05) is 0 Å². The zero-order valence-electron chi connectivity index (χ0n) is 8.64. The lowest BCUT2D eigenvalue weighted by molar-refractivity contribution is 0.113. The van der Waals surface area contributed by atoms with Crippen molar-refractivity contribution >= 4 is 0 Å². The molecule has 0 aliphatic rings. The molecular weight excluding hydrogens is 152 g/mol. The molecule has 74 valence electrons. The van der Waals surface area contributed by atoms with Gasteiger partial charge in [-0.2, -0.15) is 0 Å². The van der Waals surface area contributed by atoms with Crippen LogP contribution in [0.1, 0.15) is 32.6 Å². The van der Waals surface area contributed by atoms with Crippen LogP contribution in [0.15, 0.2) is 0 Å². The summed E-state index contributed by atoms with van der Waals surface area (Å²) >= 11 is 0. The molecule has 0 spiro atoms. The maximum absolute atomic E-state index is 5.14. The molecular formula is C10H22O2. The summed E-state index contributed by atoms with van der Waals surface area (Å²) in [6, 6.07) is 0. The van der Waals surface area contributed by atoms with E-state index in [1.54, 1.807) is 14.2 Å². The average molecular weight is 174 g/mol. The van der Waals surface area contributed by atoms with Gasteiger partial charge in [-0.05, 0) is 18.8 Å². The maximum atomic E-state index is 5.14. The molecule has 0 aliphatic heterocycles. The Morgan fingerprint density at radius 1 is 1.08 bits per heavy atom. The molecule has 1 unspecified atom stereocenters. The van der Waals surface area contributed by atoms with Crippen LogP contribution in [0.3, 0.4) is 0 Å². The van der Waals surface area contributed by atoms with Crippen LogP contribution in [0.25, 0.3) is 0 Å². The molecule has 1 atom stereocenters. The topological polar surface area (TPSA) is 18.5 Å². The third kappa shape index (κ3) is 6.62. The Morgan fingerprint density at radius 2 is 1.83 bits per heavy atom. The van der Waals surface area contributed by atoms with Crippen molar-refractivity contribution < 1.29 is 9.47 Å². The van der Waals surface area contributed by atoms with E-state index in [2.05, 4.69) is 6.92 Å². The fraction of sp³-hybridized carbons (Fsp3) is 1.00. The predicted molar refractivity (Wildman–Crippen MR) is 51.4 cm³/mol. The Morgan fingerprint density at radius 3 is 2.33 bits per heavy atom. The number of hydrogen-bond donors (Lipinski definition) is 0. The van der Waals surface area contributed by atoms with E-state index in [9.17, 15) is 0 Å². The van der Waals surface area contributed by atoms with Gasteiger partial charge in [0.25, 0.3) is 0 Å². The van der Waals surface area contributed by atoms with E-state index in [0.717, 1.165) is 19.6 Å². The van der Waals surface area contributed by atoms with Crippen molar-refractivity contribution in [2.75, 3.05) is 27.4 Å². The van der Waals surface area contributed by atoms with Gasteiger partial charge in [0.05, 0.1) is 0 Å². The predicted octanol–water partition coefficient (Wildman–Crippen LogP) is 2.48. The SMILES string of the molecule is CCCCC(CCOC)COC. The molecule has 0 aromatic heterocycles. The van der Waals surface area contributed by atoms with Crippen LogP contribution in [0.2, 0.25) is 0 Å². The summed E-state index contributed by atoms with van der Waals surface area (Å²) in [4.78, 5) is 0. The molecule has 0 rings (SSSR count). The zero-order valence-corrected chi connectivity index (χ0v) is 8.64. The molecule has 2 heteroatoms. The van der Waals surface area contributed by atoms with Crippen molar-refractivity contribution in [1.82, 2.24) is 0 Å². The number of ether oxygens (including phenoxy) is 2. The third-order valence-corrected chi connectivity index (χ3v) is 2.10. The Balaban J connectivity index is 3.40. The van der Waals surface area contributed by atoms with E-state index in [-0.39, 0.29) is 0 Å². The Kier molecular flexibility index (Phi) is 8.95. The molecule has 0 aromatic rings. The summed E-state index contributed by atoms with van der Waals surface area (Å²) in [7, 11) is 3.52. The molecule has 0 N–H and O–H groups in total. The van der Waals surface area contributed by atoms with Gasteiger partial charge in [-0.3, -0.25) is 0 Å². The van der Waals surface area contributed by atoms with Crippen LogP contribution < -0.4 is 0 Å². The molecule has 0 saturated heterocycles. The van der Waals surface area contributed by atoms with Crippen molar-refractivity contribution in [3.05, 3.63) is 0 Å². The van der Waals surface area contributed by atoms with Gasteiger partial charge in [-0.15, -0.1) is 0 Å². The number of hydrogen-bond acceptors (Lipinski definition) is 2. The molecule has 0 fully saturated rings. The normalized spacial score (nSPS) is 13.2. The second kappa shape index (κ2) is 9.01. The van der Waals surface area contributed by atoms with E-state index >= 15 is 0 Å². The van der Waals surface area contributed by atoms with Gasteiger partial charge in [-0.25, -0.2) is 0 Å². The van der Waals surface area contributed by atoms with Gasteiger partial charge in [0.2, 0.25) is 0 Å². The second-order valence-electron chi connectivity index (χ2n) is 3.25. The first-order valence-electron chi connectivity index (χ1n) is 4.83. The maximum Gasteiger partial charge on any atom is 0.0491 e. The minimum absolute atomic E-state index is 0.690.